The van der Waals surface area contributed by atoms with Gasteiger partial charge in [-0.1, -0.05) is 29.3 Å². The van der Waals surface area contributed by atoms with Crippen LogP contribution in [0.25, 0.3) is 0 Å². The van der Waals surface area contributed by atoms with Crippen molar-refractivity contribution in [3.63, 3.8) is 0 Å². The second-order valence-corrected chi connectivity index (χ2v) is 6.43. The molecule has 0 saturated carbocycles. The minimum Gasteiger partial charge on any atom is -0.503 e. The van der Waals surface area contributed by atoms with Gasteiger partial charge in [-0.05, 0) is 36.4 Å². The number of aliphatic hydroxyl groups excluding tert-OH is 1. The summed E-state index contributed by atoms with van der Waals surface area (Å²) < 4.78 is 76.9. The SMILES string of the molecule is O=C(Nc1cc(Cl)cc(Cl)c1)C(N=Nc1cccc(C(F)(F)F)c1)=C(O)C(F)(F)F. The van der Waals surface area contributed by atoms with Gasteiger partial charge in [0.05, 0.1) is 11.3 Å². The smallest absolute Gasteiger partial charge is 0.451 e. The molecular weight excluding hydrogens is 463 g/mol. The molecule has 13 heteroatoms. The third-order valence-corrected chi connectivity index (χ3v) is 3.70. The standard InChI is InChI=1S/C17H9Cl2F6N3O2/c18-9-5-10(19)7-12(6-9)26-15(30)13(14(29)17(23,24)25)28-27-11-3-1-2-8(4-11)16(20,21)22/h1-7,29H,(H,26,30). The number of hydrogen-bond acceptors (Lipinski definition) is 4. The van der Waals surface area contributed by atoms with E-state index < -0.39 is 41.0 Å². The number of allylic oxidation sites excluding steroid dienone is 1. The van der Waals surface area contributed by atoms with Crippen molar-refractivity contribution < 1.29 is 36.2 Å². The van der Waals surface area contributed by atoms with Gasteiger partial charge in [0.2, 0.25) is 5.76 Å². The number of carbonyl (C=O) groups is 1. The topological polar surface area (TPSA) is 74.0 Å². The minimum atomic E-state index is -5.38. The van der Waals surface area contributed by atoms with Gasteiger partial charge in [0, 0.05) is 15.7 Å². The fraction of sp³-hybridized carbons (Fsp3) is 0.118. The van der Waals surface area contributed by atoms with Crippen LogP contribution in [0.2, 0.25) is 10.0 Å². The van der Waals surface area contributed by atoms with Gasteiger partial charge < -0.3 is 10.4 Å². The molecule has 0 spiro atoms. The van der Waals surface area contributed by atoms with E-state index in [-0.39, 0.29) is 15.7 Å². The molecule has 0 atom stereocenters. The molecule has 0 fully saturated rings. The lowest BCUT2D eigenvalue weighted by atomic mass is 10.2. The normalized spacial score (nSPS) is 13.3. The van der Waals surface area contributed by atoms with Gasteiger partial charge in [0.1, 0.15) is 0 Å². The number of benzene rings is 2. The predicted octanol–water partition coefficient (Wildman–Crippen LogP) is 7.07. The van der Waals surface area contributed by atoms with E-state index in [0.717, 1.165) is 24.3 Å². The number of carbonyl (C=O) groups excluding carboxylic acids is 1. The molecule has 0 saturated heterocycles. The number of nitrogens with zero attached hydrogens (tertiary/aromatic N) is 2. The van der Waals surface area contributed by atoms with Crippen LogP contribution in [-0.4, -0.2) is 17.2 Å². The highest BCUT2D eigenvalue weighted by Gasteiger charge is 2.39. The molecule has 1 amide bonds. The molecule has 160 valence electrons. The van der Waals surface area contributed by atoms with E-state index in [4.69, 9.17) is 23.2 Å². The lowest BCUT2D eigenvalue weighted by Gasteiger charge is -2.10. The summed E-state index contributed by atoms with van der Waals surface area (Å²) >= 11 is 11.5. The van der Waals surface area contributed by atoms with E-state index in [1.54, 1.807) is 0 Å². The molecule has 0 aliphatic heterocycles. The number of rotatable bonds is 4. The molecule has 0 aliphatic rings. The van der Waals surface area contributed by atoms with Crippen LogP contribution in [-0.2, 0) is 11.0 Å². The number of hydrogen-bond donors (Lipinski definition) is 2. The molecule has 2 aromatic rings. The van der Waals surface area contributed by atoms with Crippen molar-refractivity contribution in [3.8, 4) is 0 Å². The van der Waals surface area contributed by atoms with E-state index >= 15 is 0 Å². The van der Waals surface area contributed by atoms with Crippen molar-refractivity contribution in [2.24, 2.45) is 10.2 Å². The summed E-state index contributed by atoms with van der Waals surface area (Å²) in [5, 5.41) is 17.7. The van der Waals surface area contributed by atoms with Crippen LogP contribution in [0.1, 0.15) is 5.56 Å². The summed E-state index contributed by atoms with van der Waals surface area (Å²) in [6.45, 7) is 0. The Balaban J connectivity index is 2.42. The molecule has 0 aliphatic carbocycles. The summed E-state index contributed by atoms with van der Waals surface area (Å²) in [6, 6.07) is 6.75. The average molecular weight is 472 g/mol. The Morgan fingerprint density at radius 1 is 0.967 bits per heavy atom. The molecule has 0 unspecified atom stereocenters. The Morgan fingerprint density at radius 3 is 2.10 bits per heavy atom. The summed E-state index contributed by atoms with van der Waals surface area (Å²) in [5.41, 5.74) is -3.35. The van der Waals surface area contributed by atoms with E-state index in [2.05, 4.69) is 10.2 Å². The lowest BCUT2D eigenvalue weighted by Crippen LogP contribution is -2.21. The van der Waals surface area contributed by atoms with Crippen molar-refractivity contribution in [2.45, 2.75) is 12.4 Å². The van der Waals surface area contributed by atoms with Crippen LogP contribution >= 0.6 is 23.2 Å². The zero-order valence-electron chi connectivity index (χ0n) is 14.3. The summed E-state index contributed by atoms with van der Waals surface area (Å²) in [5.74, 6) is -3.96. The first-order chi connectivity index (χ1) is 13.8. The molecule has 5 nitrogen and oxygen atoms in total. The first kappa shape index (κ1) is 23.5. The first-order valence-corrected chi connectivity index (χ1v) is 8.40. The molecule has 0 aromatic heterocycles. The molecule has 2 N–H and O–H groups in total. The Bertz CT molecular complexity index is 999. The van der Waals surface area contributed by atoms with Crippen molar-refractivity contribution in [1.82, 2.24) is 0 Å². The zero-order valence-corrected chi connectivity index (χ0v) is 15.8. The largest absolute Gasteiger partial charge is 0.503 e. The number of aliphatic hydroxyl groups is 1. The first-order valence-electron chi connectivity index (χ1n) is 7.64. The maximum Gasteiger partial charge on any atom is 0.451 e. The predicted molar refractivity (Wildman–Crippen MR) is 96.8 cm³/mol. The van der Waals surface area contributed by atoms with Crippen LogP contribution in [0, 0.1) is 0 Å². The third-order valence-electron chi connectivity index (χ3n) is 3.27. The Labute approximate surface area is 174 Å². The van der Waals surface area contributed by atoms with Crippen molar-refractivity contribution >= 4 is 40.5 Å². The second-order valence-electron chi connectivity index (χ2n) is 5.56. The monoisotopic (exact) mass is 471 g/mol. The lowest BCUT2D eigenvalue weighted by molar-refractivity contribution is -0.137. The second kappa shape index (κ2) is 8.92. The number of nitrogens with one attached hydrogen (secondary N) is 1. The van der Waals surface area contributed by atoms with E-state index in [0.29, 0.717) is 12.1 Å². The fourth-order valence-corrected chi connectivity index (χ4v) is 2.53. The Morgan fingerprint density at radius 2 is 1.57 bits per heavy atom. The van der Waals surface area contributed by atoms with E-state index in [1.807, 2.05) is 5.32 Å². The third kappa shape index (κ3) is 6.36. The van der Waals surface area contributed by atoms with E-state index in [9.17, 15) is 36.2 Å². The van der Waals surface area contributed by atoms with Crippen LogP contribution in [0.15, 0.2) is 64.1 Å². The van der Waals surface area contributed by atoms with Gasteiger partial charge in [-0.3, -0.25) is 4.79 Å². The van der Waals surface area contributed by atoms with Crippen LogP contribution in [0.3, 0.4) is 0 Å². The summed E-state index contributed by atoms with van der Waals surface area (Å²) in [7, 11) is 0. The highest BCUT2D eigenvalue weighted by Crippen LogP contribution is 2.32. The fourth-order valence-electron chi connectivity index (χ4n) is 2.00. The Hall–Kier alpha value is -2.79. The molecular formula is C17H9Cl2F6N3O2. The molecule has 30 heavy (non-hydrogen) atoms. The van der Waals surface area contributed by atoms with Gasteiger partial charge in [0.25, 0.3) is 5.91 Å². The molecule has 2 rings (SSSR count). The number of amides is 1. The van der Waals surface area contributed by atoms with Gasteiger partial charge in [0.15, 0.2) is 5.70 Å². The molecule has 0 radical (unpaired) electrons. The minimum absolute atomic E-state index is 0.0500. The highest BCUT2D eigenvalue weighted by molar-refractivity contribution is 6.35. The number of alkyl halides is 6. The number of halogens is 8. The summed E-state index contributed by atoms with van der Waals surface area (Å²) in [6.07, 6.45) is -10.1. The van der Waals surface area contributed by atoms with Gasteiger partial charge >= 0.3 is 12.4 Å². The van der Waals surface area contributed by atoms with Crippen molar-refractivity contribution in [1.29, 1.82) is 0 Å². The maximum absolute atomic E-state index is 12.9. The quantitative estimate of drug-likeness (QED) is 0.216. The molecule has 0 bridgehead atoms. The molecule has 0 heterocycles. The van der Waals surface area contributed by atoms with Crippen LogP contribution in [0.4, 0.5) is 37.7 Å². The van der Waals surface area contributed by atoms with Crippen molar-refractivity contribution in [3.05, 3.63) is 69.5 Å². The zero-order chi connectivity index (χ0) is 22.7. The van der Waals surface area contributed by atoms with Crippen LogP contribution < -0.4 is 5.32 Å². The highest BCUT2D eigenvalue weighted by atomic mass is 35.5. The van der Waals surface area contributed by atoms with Gasteiger partial charge in [-0.15, -0.1) is 5.11 Å². The molecule has 2 aromatic carbocycles. The average Bonchev–Trinajstić information content (AvgIpc) is 2.59. The van der Waals surface area contributed by atoms with Gasteiger partial charge in [-0.25, -0.2) is 0 Å². The maximum atomic E-state index is 12.9. The number of anilines is 1. The van der Waals surface area contributed by atoms with Crippen LogP contribution in [0.5, 0.6) is 0 Å². The van der Waals surface area contributed by atoms with E-state index in [1.165, 1.54) is 6.07 Å². The van der Waals surface area contributed by atoms with Crippen molar-refractivity contribution in [2.75, 3.05) is 5.32 Å². The summed E-state index contributed by atoms with van der Waals surface area (Å²) in [4.78, 5) is 12.2. The number of azo groups is 1. The van der Waals surface area contributed by atoms with Gasteiger partial charge in [-0.2, -0.15) is 31.5 Å². The Kier molecular flexibility index (Phi) is 6.99.